The van der Waals surface area contributed by atoms with Crippen molar-refractivity contribution in [2.45, 2.75) is 0 Å². The normalized spacial score (nSPS) is 10.5. The van der Waals surface area contributed by atoms with Crippen molar-refractivity contribution in [2.24, 2.45) is 0 Å². The van der Waals surface area contributed by atoms with Crippen LogP contribution in [0, 0.1) is 10.1 Å². The molecule has 0 aliphatic rings. The standard InChI is InChI=1S/C15H8Cl2N4O4/c16-10-4-1-8(2-5-10)14-19-20-15(25-14)18-13(22)9-3-6-11(17)12(7-9)21(23)24/h1-7H,(H,18,20,22). The van der Waals surface area contributed by atoms with Crippen LogP contribution >= 0.6 is 23.2 Å². The lowest BCUT2D eigenvalue weighted by molar-refractivity contribution is -0.384. The van der Waals surface area contributed by atoms with Gasteiger partial charge in [0.15, 0.2) is 0 Å². The molecule has 0 radical (unpaired) electrons. The summed E-state index contributed by atoms with van der Waals surface area (Å²) in [6, 6.07) is 10.2. The molecule has 0 saturated heterocycles. The van der Waals surface area contributed by atoms with Crippen molar-refractivity contribution >= 4 is 40.8 Å². The maximum absolute atomic E-state index is 12.2. The molecule has 1 N–H and O–H groups in total. The number of nitro benzene ring substituents is 1. The third kappa shape index (κ3) is 3.76. The van der Waals surface area contributed by atoms with E-state index in [-0.39, 0.29) is 28.2 Å². The Morgan fingerprint density at radius 3 is 2.52 bits per heavy atom. The molecule has 0 saturated carbocycles. The molecular formula is C15H8Cl2N4O4. The summed E-state index contributed by atoms with van der Waals surface area (Å²) < 4.78 is 5.35. The third-order valence-electron chi connectivity index (χ3n) is 3.14. The van der Waals surface area contributed by atoms with Gasteiger partial charge in [-0.1, -0.05) is 28.3 Å². The van der Waals surface area contributed by atoms with E-state index in [0.717, 1.165) is 6.07 Å². The Balaban J connectivity index is 1.79. The van der Waals surface area contributed by atoms with Crippen molar-refractivity contribution in [3.05, 3.63) is 68.2 Å². The minimum atomic E-state index is -0.676. The number of hydrogen-bond acceptors (Lipinski definition) is 6. The number of rotatable bonds is 4. The molecule has 0 atom stereocenters. The van der Waals surface area contributed by atoms with Crippen molar-refractivity contribution in [1.29, 1.82) is 0 Å². The van der Waals surface area contributed by atoms with E-state index in [0.29, 0.717) is 10.6 Å². The predicted molar refractivity (Wildman–Crippen MR) is 90.8 cm³/mol. The summed E-state index contributed by atoms with van der Waals surface area (Å²) >= 11 is 11.5. The summed E-state index contributed by atoms with van der Waals surface area (Å²) in [7, 11) is 0. The molecule has 25 heavy (non-hydrogen) atoms. The number of anilines is 1. The van der Waals surface area contributed by atoms with Gasteiger partial charge in [-0.3, -0.25) is 20.2 Å². The predicted octanol–water partition coefficient (Wildman–Crippen LogP) is 4.20. The highest BCUT2D eigenvalue weighted by Crippen LogP contribution is 2.26. The molecule has 0 aliphatic heterocycles. The van der Waals surface area contributed by atoms with Crippen LogP contribution in [0.4, 0.5) is 11.7 Å². The Hall–Kier alpha value is -2.97. The highest BCUT2D eigenvalue weighted by atomic mass is 35.5. The summed E-state index contributed by atoms with van der Waals surface area (Å²) in [6.45, 7) is 0. The van der Waals surface area contributed by atoms with Crippen LogP contribution in [-0.4, -0.2) is 21.0 Å². The number of nitro groups is 1. The minimum absolute atomic E-state index is 0.0299. The number of benzene rings is 2. The molecule has 126 valence electrons. The van der Waals surface area contributed by atoms with E-state index in [2.05, 4.69) is 15.5 Å². The van der Waals surface area contributed by atoms with Gasteiger partial charge in [0, 0.05) is 22.2 Å². The van der Waals surface area contributed by atoms with Crippen LogP contribution in [0.25, 0.3) is 11.5 Å². The average Bonchev–Trinajstić information content (AvgIpc) is 3.04. The first kappa shape index (κ1) is 16.9. The number of amides is 1. The van der Waals surface area contributed by atoms with Crippen LogP contribution in [0.5, 0.6) is 0 Å². The SMILES string of the molecule is O=C(Nc1nnc(-c2ccc(Cl)cc2)o1)c1ccc(Cl)c([N+](=O)[O-])c1. The van der Waals surface area contributed by atoms with Crippen LogP contribution in [0.3, 0.4) is 0 Å². The summed E-state index contributed by atoms with van der Waals surface area (Å²) in [5, 5.41) is 21.3. The first-order valence-corrected chi connectivity index (χ1v) is 7.54. The molecule has 1 aromatic heterocycles. The molecule has 1 heterocycles. The smallest absolute Gasteiger partial charge is 0.322 e. The van der Waals surface area contributed by atoms with E-state index in [1.165, 1.54) is 12.1 Å². The zero-order chi connectivity index (χ0) is 18.0. The molecule has 1 amide bonds. The molecular weight excluding hydrogens is 371 g/mol. The largest absolute Gasteiger partial charge is 0.403 e. The van der Waals surface area contributed by atoms with Crippen molar-refractivity contribution in [3.63, 3.8) is 0 Å². The lowest BCUT2D eigenvalue weighted by Crippen LogP contribution is -2.12. The lowest BCUT2D eigenvalue weighted by Gasteiger charge is -2.01. The van der Waals surface area contributed by atoms with Gasteiger partial charge in [-0.25, -0.2) is 0 Å². The van der Waals surface area contributed by atoms with E-state index in [4.69, 9.17) is 27.6 Å². The molecule has 3 rings (SSSR count). The fourth-order valence-electron chi connectivity index (χ4n) is 1.95. The second kappa shape index (κ2) is 6.88. The minimum Gasteiger partial charge on any atom is -0.403 e. The van der Waals surface area contributed by atoms with Gasteiger partial charge < -0.3 is 4.42 Å². The average molecular weight is 379 g/mol. The Bertz CT molecular complexity index is 956. The number of nitrogens with zero attached hydrogens (tertiary/aromatic N) is 3. The molecule has 0 unspecified atom stereocenters. The molecule has 10 heteroatoms. The van der Waals surface area contributed by atoms with E-state index in [9.17, 15) is 14.9 Å². The van der Waals surface area contributed by atoms with E-state index in [1.807, 2.05) is 0 Å². The van der Waals surface area contributed by atoms with Gasteiger partial charge in [-0.2, -0.15) is 0 Å². The molecule has 0 aliphatic carbocycles. The number of nitrogens with one attached hydrogen (secondary N) is 1. The first-order valence-electron chi connectivity index (χ1n) is 6.79. The van der Waals surface area contributed by atoms with E-state index in [1.54, 1.807) is 24.3 Å². The van der Waals surface area contributed by atoms with Crippen LogP contribution in [0.15, 0.2) is 46.9 Å². The number of aromatic nitrogens is 2. The van der Waals surface area contributed by atoms with Crippen molar-refractivity contribution in [2.75, 3.05) is 5.32 Å². The molecule has 3 aromatic rings. The summed E-state index contributed by atoms with van der Waals surface area (Å²) in [5.41, 5.74) is 0.281. The van der Waals surface area contributed by atoms with Gasteiger partial charge in [-0.05, 0) is 36.4 Å². The van der Waals surface area contributed by atoms with Crippen LogP contribution in [-0.2, 0) is 0 Å². The van der Waals surface area contributed by atoms with Gasteiger partial charge in [0.2, 0.25) is 5.89 Å². The fourth-order valence-corrected chi connectivity index (χ4v) is 2.26. The maximum Gasteiger partial charge on any atom is 0.322 e. The van der Waals surface area contributed by atoms with E-state index < -0.39 is 10.8 Å². The van der Waals surface area contributed by atoms with Crippen molar-refractivity contribution < 1.29 is 14.1 Å². The molecule has 8 nitrogen and oxygen atoms in total. The van der Waals surface area contributed by atoms with Crippen LogP contribution in [0.1, 0.15) is 10.4 Å². The molecule has 0 spiro atoms. The topological polar surface area (TPSA) is 111 Å². The molecule has 2 aromatic carbocycles. The Morgan fingerprint density at radius 1 is 1.12 bits per heavy atom. The Kier molecular flexibility index (Phi) is 4.64. The van der Waals surface area contributed by atoms with Gasteiger partial charge in [0.25, 0.3) is 11.6 Å². The van der Waals surface area contributed by atoms with Gasteiger partial charge in [0.1, 0.15) is 5.02 Å². The number of carbonyl (C=O) groups excluding carboxylic acids is 1. The first-order chi connectivity index (χ1) is 11.9. The monoisotopic (exact) mass is 378 g/mol. The maximum atomic E-state index is 12.2. The zero-order valence-electron chi connectivity index (χ0n) is 12.3. The summed E-state index contributed by atoms with van der Waals surface area (Å²) in [6.07, 6.45) is 0. The summed E-state index contributed by atoms with van der Waals surface area (Å²) in [4.78, 5) is 22.4. The van der Waals surface area contributed by atoms with Gasteiger partial charge >= 0.3 is 6.01 Å². The second-order valence-electron chi connectivity index (χ2n) is 4.80. The quantitative estimate of drug-likeness (QED) is 0.537. The lowest BCUT2D eigenvalue weighted by atomic mass is 10.2. The van der Waals surface area contributed by atoms with Crippen LogP contribution in [0.2, 0.25) is 10.0 Å². The number of hydrogen-bond donors (Lipinski definition) is 1. The highest BCUT2D eigenvalue weighted by molar-refractivity contribution is 6.32. The number of carbonyl (C=O) groups is 1. The van der Waals surface area contributed by atoms with Gasteiger partial charge in [-0.15, -0.1) is 5.10 Å². The number of halogens is 2. The van der Waals surface area contributed by atoms with Crippen molar-refractivity contribution in [3.8, 4) is 11.5 Å². The molecule has 0 fully saturated rings. The second-order valence-corrected chi connectivity index (χ2v) is 5.64. The van der Waals surface area contributed by atoms with Crippen LogP contribution < -0.4 is 5.32 Å². The third-order valence-corrected chi connectivity index (χ3v) is 3.71. The zero-order valence-corrected chi connectivity index (χ0v) is 13.8. The Morgan fingerprint density at radius 2 is 1.84 bits per heavy atom. The summed E-state index contributed by atoms with van der Waals surface area (Å²) in [5.74, 6) is -0.458. The Labute approximate surface area is 150 Å². The fraction of sp³-hybridized carbons (Fsp3) is 0. The van der Waals surface area contributed by atoms with Crippen molar-refractivity contribution in [1.82, 2.24) is 10.2 Å². The highest BCUT2D eigenvalue weighted by Gasteiger charge is 2.18. The van der Waals surface area contributed by atoms with E-state index >= 15 is 0 Å². The molecule has 0 bridgehead atoms. The van der Waals surface area contributed by atoms with Gasteiger partial charge in [0.05, 0.1) is 4.92 Å².